The van der Waals surface area contributed by atoms with Crippen molar-refractivity contribution in [3.8, 4) is 0 Å². The average Bonchev–Trinajstić information content (AvgIpc) is 2.51. The molecule has 1 atom stereocenters. The summed E-state index contributed by atoms with van der Waals surface area (Å²) in [4.78, 5) is 0.323. The molecule has 0 spiro atoms. The van der Waals surface area contributed by atoms with Crippen LogP contribution in [-0.2, 0) is 10.0 Å². The van der Waals surface area contributed by atoms with Gasteiger partial charge in [-0.05, 0) is 37.5 Å². The van der Waals surface area contributed by atoms with Gasteiger partial charge in [0.1, 0.15) is 0 Å². The molecule has 114 valence electrons. The smallest absolute Gasteiger partial charge is 0.207 e. The highest BCUT2D eigenvalue weighted by Gasteiger charge is 2.29. The van der Waals surface area contributed by atoms with E-state index in [1.165, 1.54) is 0 Å². The van der Waals surface area contributed by atoms with Crippen molar-refractivity contribution in [1.29, 1.82) is 0 Å². The maximum absolute atomic E-state index is 12.4. The standard InChI is InChI=1S/C18H19NO2S/c1-14-7-10-17(11-8-14)22(20,21)19-18-12-9-16(18)13-15-5-3-2-4-6-15/h2-8,10-11,13,18-19H,9,12H2,1H3/b16-13-. The minimum atomic E-state index is -3.45. The third-order valence-corrected chi connectivity index (χ3v) is 5.44. The molecular weight excluding hydrogens is 294 g/mol. The van der Waals surface area contributed by atoms with Crippen LogP contribution in [0.15, 0.2) is 65.1 Å². The molecule has 0 aromatic heterocycles. The first-order valence-corrected chi connectivity index (χ1v) is 8.87. The average molecular weight is 313 g/mol. The molecule has 2 aromatic rings. The number of hydrogen-bond acceptors (Lipinski definition) is 2. The van der Waals surface area contributed by atoms with Gasteiger partial charge in [-0.15, -0.1) is 0 Å². The molecule has 3 nitrogen and oxygen atoms in total. The van der Waals surface area contributed by atoms with E-state index in [-0.39, 0.29) is 6.04 Å². The molecule has 22 heavy (non-hydrogen) atoms. The van der Waals surface area contributed by atoms with Crippen LogP contribution in [0.4, 0.5) is 0 Å². The second-order valence-electron chi connectivity index (χ2n) is 5.66. The molecule has 0 aliphatic heterocycles. The predicted molar refractivity (Wildman–Crippen MR) is 88.9 cm³/mol. The minimum absolute atomic E-state index is 0.0912. The molecule has 0 bridgehead atoms. The Hall–Kier alpha value is -1.91. The Labute approximate surface area is 131 Å². The molecule has 2 aromatic carbocycles. The minimum Gasteiger partial charge on any atom is -0.207 e. The molecular formula is C18H19NO2S. The summed E-state index contributed by atoms with van der Waals surface area (Å²) in [6, 6.07) is 16.8. The van der Waals surface area contributed by atoms with Gasteiger partial charge in [-0.1, -0.05) is 59.7 Å². The van der Waals surface area contributed by atoms with Crippen molar-refractivity contribution in [3.63, 3.8) is 0 Å². The number of nitrogens with one attached hydrogen (secondary N) is 1. The molecule has 1 aliphatic rings. The maximum Gasteiger partial charge on any atom is 0.241 e. The van der Waals surface area contributed by atoms with E-state index in [4.69, 9.17) is 0 Å². The first-order valence-electron chi connectivity index (χ1n) is 7.39. The van der Waals surface area contributed by atoms with E-state index in [9.17, 15) is 8.42 Å². The van der Waals surface area contributed by atoms with Gasteiger partial charge in [0.2, 0.25) is 10.0 Å². The van der Waals surface area contributed by atoms with E-state index >= 15 is 0 Å². The van der Waals surface area contributed by atoms with Gasteiger partial charge in [0.05, 0.1) is 4.90 Å². The van der Waals surface area contributed by atoms with Crippen LogP contribution in [-0.4, -0.2) is 14.5 Å². The van der Waals surface area contributed by atoms with Gasteiger partial charge >= 0.3 is 0 Å². The van der Waals surface area contributed by atoms with Gasteiger partial charge in [-0.25, -0.2) is 13.1 Å². The van der Waals surface area contributed by atoms with E-state index in [0.717, 1.165) is 29.5 Å². The van der Waals surface area contributed by atoms with Crippen LogP contribution in [0.2, 0.25) is 0 Å². The van der Waals surface area contributed by atoms with Crippen LogP contribution in [0, 0.1) is 6.92 Å². The quantitative estimate of drug-likeness (QED) is 0.938. The lowest BCUT2D eigenvalue weighted by Crippen LogP contribution is -2.41. The first-order chi connectivity index (χ1) is 10.5. The summed E-state index contributed by atoms with van der Waals surface area (Å²) in [5, 5.41) is 0. The van der Waals surface area contributed by atoms with E-state index in [1.54, 1.807) is 12.1 Å². The Kier molecular flexibility index (Phi) is 4.14. The summed E-state index contributed by atoms with van der Waals surface area (Å²) >= 11 is 0. The molecule has 0 amide bonds. The second-order valence-corrected chi connectivity index (χ2v) is 7.37. The van der Waals surface area contributed by atoms with Gasteiger partial charge in [0.15, 0.2) is 0 Å². The van der Waals surface area contributed by atoms with Crippen LogP contribution < -0.4 is 4.72 Å². The zero-order chi connectivity index (χ0) is 15.6. The lowest BCUT2D eigenvalue weighted by molar-refractivity contribution is 0.499. The second kappa shape index (κ2) is 6.07. The van der Waals surface area contributed by atoms with Crippen molar-refractivity contribution in [2.24, 2.45) is 0 Å². The van der Waals surface area contributed by atoms with Gasteiger partial charge < -0.3 is 0 Å². The third-order valence-electron chi connectivity index (χ3n) is 3.95. The Bertz CT molecular complexity index is 778. The molecule has 0 saturated heterocycles. The van der Waals surface area contributed by atoms with Crippen LogP contribution >= 0.6 is 0 Å². The van der Waals surface area contributed by atoms with Crippen molar-refractivity contribution in [2.75, 3.05) is 0 Å². The fraction of sp³-hybridized carbons (Fsp3) is 0.222. The van der Waals surface area contributed by atoms with Crippen LogP contribution in [0.25, 0.3) is 6.08 Å². The molecule has 1 N–H and O–H groups in total. The van der Waals surface area contributed by atoms with E-state index in [0.29, 0.717) is 4.90 Å². The molecule has 3 rings (SSSR count). The topological polar surface area (TPSA) is 46.2 Å². The number of rotatable bonds is 4. The van der Waals surface area contributed by atoms with E-state index in [2.05, 4.69) is 10.8 Å². The Morgan fingerprint density at radius 2 is 1.73 bits per heavy atom. The Morgan fingerprint density at radius 3 is 2.32 bits per heavy atom. The SMILES string of the molecule is Cc1ccc(S(=O)(=O)NC2CC/C2=C/c2ccccc2)cc1. The highest BCUT2D eigenvalue weighted by Crippen LogP contribution is 2.30. The summed E-state index contributed by atoms with van der Waals surface area (Å²) in [7, 11) is -3.45. The van der Waals surface area contributed by atoms with E-state index in [1.807, 2.05) is 49.4 Å². The molecule has 1 aliphatic carbocycles. The van der Waals surface area contributed by atoms with Crippen molar-refractivity contribution < 1.29 is 8.42 Å². The fourth-order valence-corrected chi connectivity index (χ4v) is 3.77. The summed E-state index contributed by atoms with van der Waals surface area (Å²) in [5.41, 5.74) is 3.30. The highest BCUT2D eigenvalue weighted by molar-refractivity contribution is 7.89. The van der Waals surface area contributed by atoms with Gasteiger partial charge in [-0.3, -0.25) is 0 Å². The Morgan fingerprint density at radius 1 is 1.05 bits per heavy atom. The molecule has 4 heteroatoms. The number of benzene rings is 2. The van der Waals surface area contributed by atoms with Crippen molar-refractivity contribution in [2.45, 2.75) is 30.7 Å². The number of sulfonamides is 1. The van der Waals surface area contributed by atoms with Gasteiger partial charge in [0, 0.05) is 6.04 Å². The fourth-order valence-electron chi connectivity index (χ4n) is 2.50. The maximum atomic E-state index is 12.4. The lowest BCUT2D eigenvalue weighted by atomic mass is 9.85. The number of hydrogen-bond donors (Lipinski definition) is 1. The zero-order valence-corrected chi connectivity index (χ0v) is 13.3. The molecule has 0 heterocycles. The summed E-state index contributed by atoms with van der Waals surface area (Å²) in [5.74, 6) is 0. The summed E-state index contributed by atoms with van der Waals surface area (Å²) < 4.78 is 27.6. The van der Waals surface area contributed by atoms with Crippen molar-refractivity contribution >= 4 is 16.1 Å². The zero-order valence-electron chi connectivity index (χ0n) is 12.5. The molecule has 0 radical (unpaired) electrons. The van der Waals surface area contributed by atoms with Crippen LogP contribution in [0.5, 0.6) is 0 Å². The highest BCUT2D eigenvalue weighted by atomic mass is 32.2. The largest absolute Gasteiger partial charge is 0.241 e. The first kappa shape index (κ1) is 15.0. The lowest BCUT2D eigenvalue weighted by Gasteiger charge is -2.30. The predicted octanol–water partition coefficient (Wildman–Crippen LogP) is 3.52. The normalized spacial score (nSPS) is 19.9. The van der Waals surface area contributed by atoms with Crippen LogP contribution in [0.1, 0.15) is 24.0 Å². The Balaban J connectivity index is 1.76. The van der Waals surface area contributed by atoms with Crippen molar-refractivity contribution in [1.82, 2.24) is 4.72 Å². The number of aryl methyl sites for hydroxylation is 1. The third kappa shape index (κ3) is 3.29. The summed E-state index contributed by atoms with van der Waals surface area (Å²) in [6.07, 6.45) is 3.87. The molecule has 1 unspecified atom stereocenters. The van der Waals surface area contributed by atoms with E-state index < -0.39 is 10.0 Å². The summed E-state index contributed by atoms with van der Waals surface area (Å²) in [6.45, 7) is 1.94. The van der Waals surface area contributed by atoms with Gasteiger partial charge in [0.25, 0.3) is 0 Å². The molecule has 1 fully saturated rings. The van der Waals surface area contributed by atoms with Crippen molar-refractivity contribution in [3.05, 3.63) is 71.3 Å². The monoisotopic (exact) mass is 313 g/mol. The van der Waals surface area contributed by atoms with Crippen LogP contribution in [0.3, 0.4) is 0 Å². The molecule has 1 saturated carbocycles. The van der Waals surface area contributed by atoms with Gasteiger partial charge in [-0.2, -0.15) is 0 Å².